The molecule has 0 aliphatic heterocycles. The van der Waals surface area contributed by atoms with Crippen molar-refractivity contribution >= 4 is 11.6 Å². The van der Waals surface area contributed by atoms with E-state index >= 15 is 0 Å². The van der Waals surface area contributed by atoms with Crippen LogP contribution in [0.15, 0.2) is 18.2 Å². The highest BCUT2D eigenvalue weighted by molar-refractivity contribution is 5.95. The van der Waals surface area contributed by atoms with Crippen LogP contribution in [0.5, 0.6) is 11.5 Å². The fourth-order valence-corrected chi connectivity index (χ4v) is 1.56. The predicted octanol–water partition coefficient (Wildman–Crippen LogP) is 2.56. The molecule has 0 unspecified atom stereocenters. The average molecular weight is 320 g/mol. The van der Waals surface area contributed by atoms with Gasteiger partial charge in [0.05, 0.1) is 13.2 Å². The number of amides is 1. The van der Waals surface area contributed by atoms with Gasteiger partial charge in [-0.1, -0.05) is 13.8 Å². The van der Waals surface area contributed by atoms with Gasteiger partial charge in [-0.05, 0) is 18.1 Å². The zero-order valence-corrected chi connectivity index (χ0v) is 12.5. The summed E-state index contributed by atoms with van der Waals surface area (Å²) in [6.07, 6.45) is -4.47. The number of ether oxygens (including phenoxy) is 2. The maximum Gasteiger partial charge on any atom is 0.422 e. The van der Waals surface area contributed by atoms with E-state index in [1.165, 1.54) is 25.3 Å². The molecule has 0 saturated carbocycles. The van der Waals surface area contributed by atoms with Crippen molar-refractivity contribution in [1.29, 1.82) is 0 Å². The lowest BCUT2D eigenvalue weighted by molar-refractivity contribution is -0.153. The number of hydrogen-bond acceptors (Lipinski definition) is 4. The summed E-state index contributed by atoms with van der Waals surface area (Å²) in [5, 5.41) is 2.53. The molecular formula is C14H19F3N2O3. The number of carbonyl (C=O) groups excluding carboxylic acids is 1. The van der Waals surface area contributed by atoms with Crippen LogP contribution in [-0.4, -0.2) is 31.8 Å². The number of anilines is 1. The van der Waals surface area contributed by atoms with E-state index in [1.54, 1.807) is 13.8 Å². The summed E-state index contributed by atoms with van der Waals surface area (Å²) in [7, 11) is 1.31. The van der Waals surface area contributed by atoms with E-state index in [2.05, 4.69) is 5.32 Å². The van der Waals surface area contributed by atoms with Gasteiger partial charge in [0.25, 0.3) is 0 Å². The van der Waals surface area contributed by atoms with Gasteiger partial charge in [-0.15, -0.1) is 0 Å². The normalized spacial score (nSPS) is 12.9. The van der Waals surface area contributed by atoms with Crippen LogP contribution in [-0.2, 0) is 4.79 Å². The van der Waals surface area contributed by atoms with Crippen molar-refractivity contribution in [1.82, 2.24) is 0 Å². The Bertz CT molecular complexity index is 519. The molecule has 0 saturated heterocycles. The molecule has 0 radical (unpaired) electrons. The molecule has 124 valence electrons. The standard InChI is InChI=1S/C14H19F3N2O3/c1-8(2)12(18)13(20)19-9-4-5-10(21-3)11(6-9)22-7-14(15,16)17/h4-6,8,12H,7,18H2,1-3H3,(H,19,20)/t12-/m0/s1. The largest absolute Gasteiger partial charge is 0.493 e. The summed E-state index contributed by atoms with van der Waals surface area (Å²) in [6.45, 7) is 2.12. The van der Waals surface area contributed by atoms with Crippen LogP contribution in [0.25, 0.3) is 0 Å². The topological polar surface area (TPSA) is 73.6 Å². The molecule has 1 aromatic carbocycles. The first-order valence-corrected chi connectivity index (χ1v) is 6.58. The number of methoxy groups -OCH3 is 1. The summed E-state index contributed by atoms with van der Waals surface area (Å²) in [4.78, 5) is 11.8. The SMILES string of the molecule is COc1ccc(NC(=O)[C@@H](N)C(C)C)cc1OCC(F)(F)F. The molecule has 5 nitrogen and oxygen atoms in total. The van der Waals surface area contributed by atoms with E-state index in [1.807, 2.05) is 0 Å². The summed E-state index contributed by atoms with van der Waals surface area (Å²) in [5.41, 5.74) is 5.98. The van der Waals surface area contributed by atoms with Crippen molar-refractivity contribution in [2.24, 2.45) is 11.7 Å². The predicted molar refractivity (Wildman–Crippen MR) is 76.0 cm³/mol. The number of alkyl halides is 3. The molecule has 0 aliphatic rings. The second-order valence-corrected chi connectivity index (χ2v) is 5.03. The molecule has 0 aromatic heterocycles. The number of rotatable bonds is 6. The van der Waals surface area contributed by atoms with Gasteiger partial charge >= 0.3 is 6.18 Å². The maximum atomic E-state index is 12.2. The van der Waals surface area contributed by atoms with Crippen LogP contribution in [0.2, 0.25) is 0 Å². The summed E-state index contributed by atoms with van der Waals surface area (Å²) in [6, 6.07) is 3.43. The minimum absolute atomic E-state index is 0.0702. The third-order valence-electron chi connectivity index (χ3n) is 2.84. The lowest BCUT2D eigenvalue weighted by atomic mass is 10.0. The van der Waals surface area contributed by atoms with Crippen LogP contribution in [0.3, 0.4) is 0 Å². The molecule has 8 heteroatoms. The Kier molecular flexibility index (Phi) is 6.04. The summed E-state index contributed by atoms with van der Waals surface area (Å²) >= 11 is 0. The fourth-order valence-electron chi connectivity index (χ4n) is 1.56. The van der Waals surface area contributed by atoms with Crippen molar-refractivity contribution in [3.8, 4) is 11.5 Å². The molecule has 22 heavy (non-hydrogen) atoms. The molecule has 0 heterocycles. The molecule has 1 amide bonds. The fraction of sp³-hybridized carbons (Fsp3) is 0.500. The Morgan fingerprint density at radius 3 is 2.45 bits per heavy atom. The zero-order chi connectivity index (χ0) is 16.9. The van der Waals surface area contributed by atoms with Crippen LogP contribution < -0.4 is 20.5 Å². The van der Waals surface area contributed by atoms with Crippen LogP contribution in [0.4, 0.5) is 18.9 Å². The molecule has 0 aliphatic carbocycles. The Hall–Kier alpha value is -1.96. The van der Waals surface area contributed by atoms with E-state index in [4.69, 9.17) is 15.2 Å². The second kappa shape index (κ2) is 7.35. The highest BCUT2D eigenvalue weighted by Gasteiger charge is 2.29. The number of carbonyl (C=O) groups is 1. The quantitative estimate of drug-likeness (QED) is 0.845. The van der Waals surface area contributed by atoms with Gasteiger partial charge in [-0.3, -0.25) is 4.79 Å². The number of nitrogens with one attached hydrogen (secondary N) is 1. The lowest BCUT2D eigenvalue weighted by Crippen LogP contribution is -2.39. The van der Waals surface area contributed by atoms with Crippen molar-refractivity contribution < 1.29 is 27.4 Å². The van der Waals surface area contributed by atoms with E-state index in [-0.39, 0.29) is 23.1 Å². The van der Waals surface area contributed by atoms with Gasteiger partial charge in [-0.2, -0.15) is 13.2 Å². The first-order chi connectivity index (χ1) is 10.1. The van der Waals surface area contributed by atoms with Crippen molar-refractivity contribution in [2.75, 3.05) is 19.0 Å². The van der Waals surface area contributed by atoms with Gasteiger partial charge in [0.15, 0.2) is 18.1 Å². The molecular weight excluding hydrogens is 301 g/mol. The average Bonchev–Trinajstić information content (AvgIpc) is 2.43. The van der Waals surface area contributed by atoms with Gasteiger partial charge in [-0.25, -0.2) is 0 Å². The number of hydrogen-bond donors (Lipinski definition) is 2. The number of halogens is 3. The Balaban J connectivity index is 2.87. The van der Waals surface area contributed by atoms with Crippen LogP contribution in [0, 0.1) is 5.92 Å². The molecule has 1 aromatic rings. The van der Waals surface area contributed by atoms with Gasteiger partial charge in [0.2, 0.25) is 5.91 Å². The maximum absolute atomic E-state index is 12.2. The molecule has 1 rings (SSSR count). The van der Waals surface area contributed by atoms with E-state index < -0.39 is 24.7 Å². The molecule has 3 N–H and O–H groups in total. The van der Waals surface area contributed by atoms with E-state index in [9.17, 15) is 18.0 Å². The Morgan fingerprint density at radius 1 is 1.32 bits per heavy atom. The third-order valence-corrected chi connectivity index (χ3v) is 2.84. The molecule has 0 bridgehead atoms. The summed E-state index contributed by atoms with van der Waals surface area (Å²) in [5.74, 6) is -0.479. The first-order valence-electron chi connectivity index (χ1n) is 6.58. The van der Waals surface area contributed by atoms with Gasteiger partial charge in [0, 0.05) is 11.8 Å². The molecule has 0 fully saturated rings. The second-order valence-electron chi connectivity index (χ2n) is 5.03. The minimum Gasteiger partial charge on any atom is -0.493 e. The number of benzene rings is 1. The van der Waals surface area contributed by atoms with E-state index in [0.717, 1.165) is 0 Å². The van der Waals surface area contributed by atoms with Gasteiger partial charge < -0.3 is 20.5 Å². The van der Waals surface area contributed by atoms with Gasteiger partial charge in [0.1, 0.15) is 0 Å². The smallest absolute Gasteiger partial charge is 0.422 e. The first kappa shape index (κ1) is 18.1. The highest BCUT2D eigenvalue weighted by atomic mass is 19.4. The molecule has 0 spiro atoms. The third kappa shape index (κ3) is 5.44. The number of nitrogens with two attached hydrogens (primary N) is 1. The van der Waals surface area contributed by atoms with Crippen molar-refractivity contribution in [2.45, 2.75) is 26.1 Å². The van der Waals surface area contributed by atoms with Crippen molar-refractivity contribution in [3.05, 3.63) is 18.2 Å². The minimum atomic E-state index is -4.47. The zero-order valence-electron chi connectivity index (χ0n) is 12.5. The lowest BCUT2D eigenvalue weighted by Gasteiger charge is -2.17. The monoisotopic (exact) mass is 320 g/mol. The Morgan fingerprint density at radius 2 is 1.95 bits per heavy atom. The van der Waals surface area contributed by atoms with E-state index in [0.29, 0.717) is 0 Å². The Labute approximate surface area is 126 Å². The summed E-state index contributed by atoms with van der Waals surface area (Å²) < 4.78 is 46.3. The van der Waals surface area contributed by atoms with Crippen molar-refractivity contribution in [3.63, 3.8) is 0 Å². The highest BCUT2D eigenvalue weighted by Crippen LogP contribution is 2.31. The van der Waals surface area contributed by atoms with Crippen LogP contribution >= 0.6 is 0 Å². The van der Waals surface area contributed by atoms with Crippen LogP contribution in [0.1, 0.15) is 13.8 Å². The molecule has 1 atom stereocenters.